The number of amides is 1. The maximum atomic E-state index is 13.3. The summed E-state index contributed by atoms with van der Waals surface area (Å²) < 4.78 is 11.8. The second kappa shape index (κ2) is 9.11. The van der Waals surface area contributed by atoms with E-state index in [4.69, 9.17) is 9.47 Å². The number of hydrogen-bond acceptors (Lipinski definition) is 4. The molecule has 5 heteroatoms. The summed E-state index contributed by atoms with van der Waals surface area (Å²) in [6.07, 6.45) is -0.341. The first kappa shape index (κ1) is 20.1. The Hall–Kier alpha value is -3.15. The topological polar surface area (TPSA) is 67.8 Å². The Morgan fingerprint density at radius 2 is 1.60 bits per heavy atom. The lowest BCUT2D eigenvalue weighted by Gasteiger charge is -2.28. The number of aryl methyl sites for hydroxylation is 1. The molecule has 5 nitrogen and oxygen atoms in total. The molecule has 0 saturated heterocycles. The van der Waals surface area contributed by atoms with Crippen LogP contribution in [-0.2, 0) is 9.53 Å². The maximum absolute atomic E-state index is 13.3. The van der Waals surface area contributed by atoms with E-state index in [2.05, 4.69) is 5.32 Å². The molecule has 0 aliphatic carbocycles. The van der Waals surface area contributed by atoms with Gasteiger partial charge >= 0.3 is 0 Å². The van der Waals surface area contributed by atoms with Crippen LogP contribution in [0, 0.1) is 6.92 Å². The second-order valence-corrected chi connectivity index (χ2v) is 7.35. The van der Waals surface area contributed by atoms with Crippen molar-refractivity contribution >= 4 is 5.91 Å². The first-order valence-electron chi connectivity index (χ1n) is 10.1. The largest absolute Gasteiger partial charge is 0.457 e. The minimum atomic E-state index is -0.456. The van der Waals surface area contributed by atoms with E-state index in [-0.39, 0.29) is 25.2 Å². The average molecular weight is 403 g/mol. The predicted molar refractivity (Wildman–Crippen MR) is 115 cm³/mol. The number of benzene rings is 3. The molecule has 3 aromatic rings. The van der Waals surface area contributed by atoms with Crippen molar-refractivity contribution in [2.24, 2.45) is 0 Å². The molecule has 1 aliphatic heterocycles. The van der Waals surface area contributed by atoms with Crippen LogP contribution in [0.15, 0.2) is 72.8 Å². The van der Waals surface area contributed by atoms with Crippen LogP contribution in [0.3, 0.4) is 0 Å². The van der Waals surface area contributed by atoms with Gasteiger partial charge in [-0.1, -0.05) is 66.2 Å². The number of rotatable bonds is 7. The van der Waals surface area contributed by atoms with Crippen molar-refractivity contribution in [3.8, 4) is 11.5 Å². The van der Waals surface area contributed by atoms with Gasteiger partial charge in [-0.25, -0.2) is 0 Å². The molecule has 0 saturated carbocycles. The molecule has 154 valence electrons. The van der Waals surface area contributed by atoms with Gasteiger partial charge in [0.15, 0.2) is 0 Å². The van der Waals surface area contributed by atoms with Crippen LogP contribution in [0.5, 0.6) is 11.5 Å². The molecule has 1 amide bonds. The van der Waals surface area contributed by atoms with Gasteiger partial charge in [0, 0.05) is 17.7 Å². The number of para-hydroxylation sites is 2. The summed E-state index contributed by atoms with van der Waals surface area (Å²) in [5.41, 5.74) is 3.80. The van der Waals surface area contributed by atoms with E-state index in [1.807, 2.05) is 79.7 Å². The van der Waals surface area contributed by atoms with Gasteiger partial charge in [0.1, 0.15) is 11.5 Å². The number of aliphatic hydroxyl groups excluding tert-OH is 1. The highest BCUT2D eigenvalue weighted by atomic mass is 16.5. The van der Waals surface area contributed by atoms with Crippen LogP contribution in [0.1, 0.15) is 34.3 Å². The van der Waals surface area contributed by atoms with Crippen LogP contribution in [0.4, 0.5) is 0 Å². The monoisotopic (exact) mass is 403 g/mol. The minimum Gasteiger partial charge on any atom is -0.457 e. The average Bonchev–Trinajstić information content (AvgIpc) is 2.78. The lowest BCUT2D eigenvalue weighted by atomic mass is 9.87. The molecule has 3 aromatic carbocycles. The lowest BCUT2D eigenvalue weighted by molar-refractivity contribution is -0.122. The third-order valence-electron chi connectivity index (χ3n) is 5.26. The van der Waals surface area contributed by atoms with E-state index in [1.165, 1.54) is 0 Å². The highest BCUT2D eigenvalue weighted by molar-refractivity contribution is 5.89. The first-order chi connectivity index (χ1) is 14.7. The Morgan fingerprint density at radius 1 is 1.00 bits per heavy atom. The molecule has 0 spiro atoms. The van der Waals surface area contributed by atoms with Gasteiger partial charge in [0.2, 0.25) is 5.91 Å². The molecule has 1 heterocycles. The molecule has 30 heavy (non-hydrogen) atoms. The molecule has 0 unspecified atom stereocenters. The fourth-order valence-corrected chi connectivity index (χ4v) is 3.74. The number of hydrogen-bond donors (Lipinski definition) is 2. The zero-order valence-electron chi connectivity index (χ0n) is 16.9. The van der Waals surface area contributed by atoms with Crippen molar-refractivity contribution < 1.29 is 19.4 Å². The van der Waals surface area contributed by atoms with E-state index in [9.17, 15) is 9.90 Å². The zero-order valence-corrected chi connectivity index (χ0v) is 16.9. The summed E-state index contributed by atoms with van der Waals surface area (Å²) in [4.78, 5) is 13.3. The first-order valence-corrected chi connectivity index (χ1v) is 10.1. The SMILES string of the molecule is Cc1ccc([C@H](CNC(=O)C2c3ccccc3Oc3ccccc32)OCCO)cc1. The highest BCUT2D eigenvalue weighted by Gasteiger charge is 2.32. The number of nitrogens with one attached hydrogen (secondary N) is 1. The van der Waals surface area contributed by atoms with E-state index < -0.39 is 5.92 Å². The van der Waals surface area contributed by atoms with Gasteiger partial charge in [-0.05, 0) is 24.6 Å². The van der Waals surface area contributed by atoms with Crippen molar-refractivity contribution in [2.75, 3.05) is 19.8 Å². The minimum absolute atomic E-state index is 0.0724. The van der Waals surface area contributed by atoms with Gasteiger partial charge in [-0.15, -0.1) is 0 Å². The number of ether oxygens (including phenoxy) is 2. The zero-order chi connectivity index (χ0) is 20.9. The fraction of sp³-hybridized carbons (Fsp3) is 0.240. The molecular formula is C25H25NO4. The Balaban J connectivity index is 1.56. The maximum Gasteiger partial charge on any atom is 0.232 e. The van der Waals surface area contributed by atoms with Crippen molar-refractivity contribution in [3.63, 3.8) is 0 Å². The van der Waals surface area contributed by atoms with Crippen LogP contribution in [0.25, 0.3) is 0 Å². The van der Waals surface area contributed by atoms with Gasteiger partial charge in [-0.3, -0.25) is 4.79 Å². The summed E-state index contributed by atoms with van der Waals surface area (Å²) in [7, 11) is 0. The van der Waals surface area contributed by atoms with Gasteiger partial charge in [-0.2, -0.15) is 0 Å². The summed E-state index contributed by atoms with van der Waals surface area (Å²) in [6.45, 7) is 2.47. The summed E-state index contributed by atoms with van der Waals surface area (Å²) >= 11 is 0. The Morgan fingerprint density at radius 3 is 2.20 bits per heavy atom. The smallest absolute Gasteiger partial charge is 0.232 e. The van der Waals surface area contributed by atoms with E-state index in [0.29, 0.717) is 18.0 Å². The molecule has 1 aliphatic rings. The van der Waals surface area contributed by atoms with E-state index >= 15 is 0 Å². The summed E-state index contributed by atoms with van der Waals surface area (Å²) in [5, 5.41) is 12.2. The Bertz CT molecular complexity index is 970. The molecular weight excluding hydrogens is 378 g/mol. The van der Waals surface area contributed by atoms with Crippen molar-refractivity contribution in [3.05, 3.63) is 95.1 Å². The van der Waals surface area contributed by atoms with Crippen LogP contribution in [-0.4, -0.2) is 30.8 Å². The quantitative estimate of drug-likeness (QED) is 0.623. The van der Waals surface area contributed by atoms with Crippen LogP contribution < -0.4 is 10.1 Å². The number of aliphatic hydroxyl groups is 1. The summed E-state index contributed by atoms with van der Waals surface area (Å²) in [5.74, 6) is 0.830. The lowest BCUT2D eigenvalue weighted by Crippen LogP contribution is -2.35. The summed E-state index contributed by atoms with van der Waals surface area (Å²) in [6, 6.07) is 23.2. The highest BCUT2D eigenvalue weighted by Crippen LogP contribution is 2.43. The molecule has 2 N–H and O–H groups in total. The number of carbonyl (C=O) groups excluding carboxylic acids is 1. The number of carbonyl (C=O) groups is 1. The van der Waals surface area contributed by atoms with Gasteiger partial charge in [0.25, 0.3) is 0 Å². The van der Waals surface area contributed by atoms with E-state index in [0.717, 1.165) is 22.3 Å². The molecule has 0 fully saturated rings. The molecule has 4 rings (SSSR count). The third kappa shape index (κ3) is 4.22. The number of fused-ring (bicyclic) bond motifs is 2. The predicted octanol–water partition coefficient (Wildman–Crippen LogP) is 4.10. The molecule has 1 atom stereocenters. The van der Waals surface area contributed by atoms with Crippen molar-refractivity contribution in [1.82, 2.24) is 5.32 Å². The Kier molecular flexibility index (Phi) is 6.12. The molecule has 0 radical (unpaired) electrons. The normalized spacial score (nSPS) is 13.7. The van der Waals surface area contributed by atoms with Crippen LogP contribution >= 0.6 is 0 Å². The third-order valence-corrected chi connectivity index (χ3v) is 5.26. The van der Waals surface area contributed by atoms with Gasteiger partial charge in [0.05, 0.1) is 25.2 Å². The molecule has 0 aromatic heterocycles. The molecule has 0 bridgehead atoms. The second-order valence-electron chi connectivity index (χ2n) is 7.35. The van der Waals surface area contributed by atoms with E-state index in [1.54, 1.807) is 0 Å². The fourth-order valence-electron chi connectivity index (χ4n) is 3.74. The van der Waals surface area contributed by atoms with Crippen LogP contribution in [0.2, 0.25) is 0 Å². The van der Waals surface area contributed by atoms with Crippen molar-refractivity contribution in [2.45, 2.75) is 18.9 Å². The van der Waals surface area contributed by atoms with Gasteiger partial charge < -0.3 is 19.9 Å². The van der Waals surface area contributed by atoms with Crippen molar-refractivity contribution in [1.29, 1.82) is 0 Å². The Labute approximate surface area is 176 Å². The standard InChI is InChI=1S/C25H25NO4/c1-17-10-12-18(13-11-17)23(29-15-14-27)16-26-25(28)24-19-6-2-4-8-21(19)30-22-9-5-3-7-20(22)24/h2-13,23-24,27H,14-16H2,1H3,(H,26,28)/t23-/m0/s1.